The van der Waals surface area contributed by atoms with E-state index in [0.29, 0.717) is 6.54 Å². The quantitative estimate of drug-likeness (QED) is 0.830. The molecule has 0 aliphatic heterocycles. The highest BCUT2D eigenvalue weighted by molar-refractivity contribution is 5.80. The normalized spacial score (nSPS) is 12.9. The molecule has 0 radical (unpaired) electrons. The fraction of sp³-hybridized carbons (Fsp3) is 0.462. The van der Waals surface area contributed by atoms with Gasteiger partial charge in [-0.2, -0.15) is 0 Å². The van der Waals surface area contributed by atoms with E-state index in [1.165, 1.54) is 0 Å². The van der Waals surface area contributed by atoms with Crippen molar-refractivity contribution in [2.75, 3.05) is 25.0 Å². The van der Waals surface area contributed by atoms with E-state index in [2.05, 4.69) is 32.7 Å². The van der Waals surface area contributed by atoms with E-state index in [4.69, 9.17) is 11.5 Å². The van der Waals surface area contributed by atoms with Crippen molar-refractivity contribution in [1.29, 1.82) is 0 Å². The van der Waals surface area contributed by atoms with Crippen molar-refractivity contribution in [2.24, 2.45) is 18.5 Å². The minimum Gasteiger partial charge on any atom is -0.373 e. The Morgan fingerprint density at radius 2 is 2.17 bits per heavy atom. The van der Waals surface area contributed by atoms with Crippen LogP contribution < -0.4 is 16.4 Å². The van der Waals surface area contributed by atoms with Gasteiger partial charge in [0.1, 0.15) is 5.82 Å². The maximum Gasteiger partial charge on any atom is 0.106 e. The molecule has 0 bridgehead atoms. The molecule has 1 unspecified atom stereocenters. The van der Waals surface area contributed by atoms with E-state index >= 15 is 0 Å². The molecule has 0 saturated heterocycles. The van der Waals surface area contributed by atoms with Gasteiger partial charge in [0.15, 0.2) is 0 Å². The van der Waals surface area contributed by atoms with E-state index in [1.54, 1.807) is 0 Å². The van der Waals surface area contributed by atoms with Crippen LogP contribution in [0.25, 0.3) is 11.0 Å². The van der Waals surface area contributed by atoms with Gasteiger partial charge in [-0.15, -0.1) is 0 Å². The number of anilines is 1. The number of hydrogen-bond acceptors (Lipinski definition) is 4. The monoisotopic (exact) mass is 247 g/mol. The summed E-state index contributed by atoms with van der Waals surface area (Å²) in [5, 5.41) is 0. The number of benzene rings is 1. The van der Waals surface area contributed by atoms with Gasteiger partial charge in [-0.05, 0) is 25.1 Å². The number of aryl methyl sites for hydroxylation is 2. The Kier molecular flexibility index (Phi) is 3.54. The summed E-state index contributed by atoms with van der Waals surface area (Å²) in [4.78, 5) is 6.65. The first-order chi connectivity index (χ1) is 8.52. The first-order valence-corrected chi connectivity index (χ1v) is 6.12. The largest absolute Gasteiger partial charge is 0.373 e. The summed E-state index contributed by atoms with van der Waals surface area (Å²) in [5.74, 6) is 1.02. The lowest BCUT2D eigenvalue weighted by molar-refractivity contribution is 0.668. The molecule has 0 amide bonds. The van der Waals surface area contributed by atoms with Crippen LogP contribution in [0.5, 0.6) is 0 Å². The van der Waals surface area contributed by atoms with Crippen LogP contribution in [0, 0.1) is 6.92 Å². The highest BCUT2D eigenvalue weighted by Crippen LogP contribution is 2.21. The molecule has 0 spiro atoms. The average molecular weight is 247 g/mol. The zero-order valence-electron chi connectivity index (χ0n) is 11.2. The van der Waals surface area contributed by atoms with Crippen LogP contribution in [-0.4, -0.2) is 35.7 Å². The minimum absolute atomic E-state index is 0.00355. The van der Waals surface area contributed by atoms with Crippen LogP contribution in [0.15, 0.2) is 18.2 Å². The van der Waals surface area contributed by atoms with Gasteiger partial charge in [-0.3, -0.25) is 0 Å². The number of imidazole rings is 1. The minimum atomic E-state index is -0.00355. The number of aromatic nitrogens is 2. The van der Waals surface area contributed by atoms with Crippen LogP contribution in [0.1, 0.15) is 5.82 Å². The second kappa shape index (κ2) is 4.96. The number of likely N-dealkylation sites (N-methyl/N-ethyl adjacent to an activating group) is 1. The topological polar surface area (TPSA) is 73.1 Å². The Morgan fingerprint density at radius 3 is 2.83 bits per heavy atom. The zero-order chi connectivity index (χ0) is 13.3. The van der Waals surface area contributed by atoms with Crippen LogP contribution in [0.2, 0.25) is 0 Å². The Balaban J connectivity index is 2.29. The molecule has 2 rings (SSSR count). The highest BCUT2D eigenvalue weighted by atomic mass is 15.1. The first-order valence-electron chi connectivity index (χ1n) is 6.12. The molecule has 5 nitrogen and oxygen atoms in total. The van der Waals surface area contributed by atoms with Crippen molar-refractivity contribution in [2.45, 2.75) is 13.0 Å². The van der Waals surface area contributed by atoms with Gasteiger partial charge in [-0.1, -0.05) is 0 Å². The number of rotatable bonds is 4. The summed E-state index contributed by atoms with van der Waals surface area (Å²) < 4.78 is 2.09. The van der Waals surface area contributed by atoms with Crippen molar-refractivity contribution in [1.82, 2.24) is 9.55 Å². The molecule has 1 aromatic carbocycles. The predicted molar refractivity (Wildman–Crippen MR) is 75.8 cm³/mol. The molecular weight excluding hydrogens is 226 g/mol. The van der Waals surface area contributed by atoms with Gasteiger partial charge >= 0.3 is 0 Å². The summed E-state index contributed by atoms with van der Waals surface area (Å²) in [7, 11) is 4.05. The second-order valence-corrected chi connectivity index (χ2v) is 4.77. The molecule has 1 atom stereocenters. The van der Waals surface area contributed by atoms with E-state index in [-0.39, 0.29) is 6.04 Å². The van der Waals surface area contributed by atoms with Crippen molar-refractivity contribution >= 4 is 16.7 Å². The summed E-state index contributed by atoms with van der Waals surface area (Å²) >= 11 is 0. The van der Waals surface area contributed by atoms with E-state index in [1.807, 2.05) is 21.0 Å². The van der Waals surface area contributed by atoms with Gasteiger partial charge in [0.05, 0.1) is 11.0 Å². The number of nitrogens with two attached hydrogens (primary N) is 2. The van der Waals surface area contributed by atoms with Crippen LogP contribution >= 0.6 is 0 Å². The van der Waals surface area contributed by atoms with Gasteiger partial charge in [-0.25, -0.2) is 4.98 Å². The fourth-order valence-corrected chi connectivity index (χ4v) is 2.08. The van der Waals surface area contributed by atoms with Crippen molar-refractivity contribution in [3.63, 3.8) is 0 Å². The number of nitrogens with zero attached hydrogens (tertiary/aromatic N) is 3. The molecule has 98 valence electrons. The SMILES string of the molecule is Cc1nc2cc(N(C)CC(N)CN)ccc2n1C. The third-order valence-electron chi connectivity index (χ3n) is 3.34. The van der Waals surface area contributed by atoms with E-state index in [9.17, 15) is 0 Å². The lowest BCUT2D eigenvalue weighted by Crippen LogP contribution is -2.40. The zero-order valence-corrected chi connectivity index (χ0v) is 11.2. The molecule has 2 aromatic rings. The van der Waals surface area contributed by atoms with Crippen molar-refractivity contribution in [3.05, 3.63) is 24.0 Å². The number of fused-ring (bicyclic) bond motifs is 1. The van der Waals surface area contributed by atoms with Gasteiger partial charge in [0, 0.05) is 38.9 Å². The number of hydrogen-bond donors (Lipinski definition) is 2. The molecule has 4 N–H and O–H groups in total. The van der Waals surface area contributed by atoms with Gasteiger partial charge in [0.2, 0.25) is 0 Å². The molecular formula is C13H21N5. The van der Waals surface area contributed by atoms with Crippen molar-refractivity contribution in [3.8, 4) is 0 Å². The molecule has 18 heavy (non-hydrogen) atoms. The second-order valence-electron chi connectivity index (χ2n) is 4.77. The molecule has 5 heteroatoms. The third-order valence-corrected chi connectivity index (χ3v) is 3.34. The molecule has 1 heterocycles. The predicted octanol–water partition coefficient (Wildman–Crippen LogP) is 0.604. The summed E-state index contributed by atoms with van der Waals surface area (Å²) in [5.41, 5.74) is 14.7. The van der Waals surface area contributed by atoms with Crippen LogP contribution in [0.3, 0.4) is 0 Å². The standard InChI is InChI=1S/C13H21N5/c1-9-16-12-6-11(4-5-13(12)18(9)3)17(2)8-10(15)7-14/h4-6,10H,7-8,14-15H2,1-3H3. The molecule has 0 aliphatic carbocycles. The molecule has 1 aromatic heterocycles. The summed E-state index contributed by atoms with van der Waals surface area (Å²) in [6.45, 7) is 3.25. The summed E-state index contributed by atoms with van der Waals surface area (Å²) in [6, 6.07) is 6.27. The van der Waals surface area contributed by atoms with E-state index in [0.717, 1.165) is 29.1 Å². The van der Waals surface area contributed by atoms with Crippen molar-refractivity contribution < 1.29 is 0 Å². The maximum atomic E-state index is 5.87. The Hall–Kier alpha value is -1.59. The molecule has 0 fully saturated rings. The first kappa shape index (κ1) is 12.9. The van der Waals surface area contributed by atoms with Crippen LogP contribution in [-0.2, 0) is 7.05 Å². The fourth-order valence-electron chi connectivity index (χ4n) is 2.08. The lowest BCUT2D eigenvalue weighted by Gasteiger charge is -2.22. The Bertz CT molecular complexity index is 546. The lowest BCUT2D eigenvalue weighted by atomic mass is 10.2. The summed E-state index contributed by atoms with van der Waals surface area (Å²) in [6.07, 6.45) is 0. The smallest absolute Gasteiger partial charge is 0.106 e. The van der Waals surface area contributed by atoms with E-state index < -0.39 is 0 Å². The molecule has 0 saturated carbocycles. The average Bonchev–Trinajstić information content (AvgIpc) is 2.64. The van der Waals surface area contributed by atoms with Gasteiger partial charge in [0.25, 0.3) is 0 Å². The third kappa shape index (κ3) is 2.32. The van der Waals surface area contributed by atoms with Crippen LogP contribution in [0.4, 0.5) is 5.69 Å². The Labute approximate surface area is 107 Å². The highest BCUT2D eigenvalue weighted by Gasteiger charge is 2.09. The maximum absolute atomic E-state index is 5.87. The van der Waals surface area contributed by atoms with Gasteiger partial charge < -0.3 is 20.9 Å². The Morgan fingerprint density at radius 1 is 1.44 bits per heavy atom. The molecule has 0 aliphatic rings.